The van der Waals surface area contributed by atoms with E-state index in [1.807, 2.05) is 0 Å². The lowest BCUT2D eigenvalue weighted by Gasteiger charge is -2.10. The Kier molecular flexibility index (Phi) is 3.19. The smallest absolute Gasteiger partial charge is 0.251 e. The molecular weight excluding hydrogens is 242 g/mol. The number of anilines is 1. The third-order valence-corrected chi connectivity index (χ3v) is 2.71. The maximum atomic E-state index is 11.8. The number of nitrogens with two attached hydrogens (primary N) is 1. The predicted octanol–water partition coefficient (Wildman–Crippen LogP) is 0.541. The number of nitrogen functional groups attached to an aromatic ring is 1. The first-order valence-corrected chi connectivity index (χ1v) is 5.56. The van der Waals surface area contributed by atoms with Crippen molar-refractivity contribution in [3.63, 3.8) is 0 Å². The molecular formula is C11H12ClN3O2. The molecule has 90 valence electrons. The summed E-state index contributed by atoms with van der Waals surface area (Å²) in [6, 6.07) is 4.48. The van der Waals surface area contributed by atoms with Gasteiger partial charge in [0.1, 0.15) is 0 Å². The summed E-state index contributed by atoms with van der Waals surface area (Å²) in [5.41, 5.74) is 6.43. The zero-order valence-corrected chi connectivity index (χ0v) is 9.75. The third kappa shape index (κ3) is 2.88. The molecule has 1 aliphatic rings. The lowest BCUT2D eigenvalue weighted by molar-refractivity contribution is -0.119. The molecule has 2 amide bonds. The molecule has 6 heteroatoms. The molecule has 1 saturated heterocycles. The van der Waals surface area contributed by atoms with Crippen LogP contribution in [0.1, 0.15) is 16.8 Å². The fourth-order valence-electron chi connectivity index (χ4n) is 1.72. The van der Waals surface area contributed by atoms with Gasteiger partial charge in [-0.2, -0.15) is 0 Å². The van der Waals surface area contributed by atoms with E-state index in [0.717, 1.165) is 0 Å². The molecule has 5 nitrogen and oxygen atoms in total. The van der Waals surface area contributed by atoms with Crippen LogP contribution >= 0.6 is 11.6 Å². The highest BCUT2D eigenvalue weighted by molar-refractivity contribution is 6.31. The molecule has 1 heterocycles. The summed E-state index contributed by atoms with van der Waals surface area (Å²) in [7, 11) is 0. The van der Waals surface area contributed by atoms with Crippen molar-refractivity contribution < 1.29 is 9.59 Å². The van der Waals surface area contributed by atoms with Crippen LogP contribution in [0.2, 0.25) is 5.02 Å². The van der Waals surface area contributed by atoms with Gasteiger partial charge in [0.2, 0.25) is 5.91 Å². The second kappa shape index (κ2) is 4.63. The first-order valence-electron chi connectivity index (χ1n) is 5.18. The Morgan fingerprint density at radius 1 is 1.47 bits per heavy atom. The summed E-state index contributed by atoms with van der Waals surface area (Å²) >= 11 is 5.81. The van der Waals surface area contributed by atoms with Crippen LogP contribution in [0.25, 0.3) is 0 Å². The van der Waals surface area contributed by atoms with Gasteiger partial charge in [-0.05, 0) is 18.2 Å². The second-order valence-corrected chi connectivity index (χ2v) is 4.39. The SMILES string of the molecule is Nc1cc(Cl)cc(C(=O)NC2CNC(=O)C2)c1. The number of amides is 2. The van der Waals surface area contributed by atoms with Crippen LogP contribution in [0.3, 0.4) is 0 Å². The average molecular weight is 254 g/mol. The van der Waals surface area contributed by atoms with Crippen LogP contribution in [-0.4, -0.2) is 24.4 Å². The fraction of sp³-hybridized carbons (Fsp3) is 0.273. The first-order chi connectivity index (χ1) is 8.04. The van der Waals surface area contributed by atoms with Gasteiger partial charge in [-0.15, -0.1) is 0 Å². The molecule has 0 spiro atoms. The van der Waals surface area contributed by atoms with Gasteiger partial charge in [0.25, 0.3) is 5.91 Å². The quantitative estimate of drug-likeness (QED) is 0.673. The number of halogens is 1. The Hall–Kier alpha value is -1.75. The van der Waals surface area contributed by atoms with Crippen molar-refractivity contribution in [3.05, 3.63) is 28.8 Å². The topological polar surface area (TPSA) is 84.2 Å². The molecule has 1 fully saturated rings. The van der Waals surface area contributed by atoms with E-state index in [-0.39, 0.29) is 17.9 Å². The summed E-state index contributed by atoms with van der Waals surface area (Å²) in [5, 5.41) is 5.80. The van der Waals surface area contributed by atoms with Crippen LogP contribution in [0.5, 0.6) is 0 Å². The van der Waals surface area contributed by atoms with E-state index >= 15 is 0 Å². The van der Waals surface area contributed by atoms with Gasteiger partial charge in [-0.25, -0.2) is 0 Å². The molecule has 0 saturated carbocycles. The summed E-state index contributed by atoms with van der Waals surface area (Å²) in [4.78, 5) is 22.8. The van der Waals surface area contributed by atoms with E-state index in [9.17, 15) is 9.59 Å². The summed E-state index contributed by atoms with van der Waals surface area (Å²) in [6.45, 7) is 0.459. The van der Waals surface area contributed by atoms with E-state index in [0.29, 0.717) is 29.2 Å². The van der Waals surface area contributed by atoms with Gasteiger partial charge < -0.3 is 16.4 Å². The molecule has 1 aromatic rings. The first kappa shape index (κ1) is 11.7. The summed E-state index contributed by atoms with van der Waals surface area (Å²) in [5.74, 6) is -0.332. The molecule has 2 rings (SSSR count). The number of hydrogen-bond acceptors (Lipinski definition) is 3. The number of carbonyl (C=O) groups excluding carboxylic acids is 2. The Balaban J connectivity index is 2.06. The maximum Gasteiger partial charge on any atom is 0.251 e. The van der Waals surface area contributed by atoms with E-state index in [1.54, 1.807) is 12.1 Å². The molecule has 0 aromatic heterocycles. The van der Waals surface area contributed by atoms with Gasteiger partial charge in [-0.3, -0.25) is 9.59 Å². The lowest BCUT2D eigenvalue weighted by atomic mass is 10.1. The van der Waals surface area contributed by atoms with E-state index < -0.39 is 0 Å². The molecule has 17 heavy (non-hydrogen) atoms. The van der Waals surface area contributed by atoms with Gasteiger partial charge in [-0.1, -0.05) is 11.6 Å². The highest BCUT2D eigenvalue weighted by atomic mass is 35.5. The van der Waals surface area contributed by atoms with Crippen molar-refractivity contribution in [3.8, 4) is 0 Å². The number of rotatable bonds is 2. The summed E-state index contributed by atoms with van der Waals surface area (Å²) < 4.78 is 0. The molecule has 0 aliphatic carbocycles. The van der Waals surface area contributed by atoms with Crippen molar-refractivity contribution >= 4 is 29.1 Å². The average Bonchev–Trinajstić information content (AvgIpc) is 2.62. The van der Waals surface area contributed by atoms with Crippen LogP contribution in [0.15, 0.2) is 18.2 Å². The second-order valence-electron chi connectivity index (χ2n) is 3.95. The zero-order valence-electron chi connectivity index (χ0n) is 9.00. The number of carbonyl (C=O) groups is 2. The Morgan fingerprint density at radius 3 is 2.82 bits per heavy atom. The molecule has 4 N–H and O–H groups in total. The fourth-order valence-corrected chi connectivity index (χ4v) is 1.96. The van der Waals surface area contributed by atoms with Crippen LogP contribution in [0, 0.1) is 0 Å². The predicted molar refractivity (Wildman–Crippen MR) is 64.7 cm³/mol. The van der Waals surface area contributed by atoms with Crippen molar-refractivity contribution in [2.75, 3.05) is 12.3 Å². The van der Waals surface area contributed by atoms with Crippen LogP contribution < -0.4 is 16.4 Å². The van der Waals surface area contributed by atoms with Crippen molar-refractivity contribution in [1.82, 2.24) is 10.6 Å². The van der Waals surface area contributed by atoms with E-state index in [2.05, 4.69) is 10.6 Å². The van der Waals surface area contributed by atoms with Crippen LogP contribution in [0.4, 0.5) is 5.69 Å². The minimum absolute atomic E-state index is 0.0547. The lowest BCUT2D eigenvalue weighted by Crippen LogP contribution is -2.36. The van der Waals surface area contributed by atoms with Gasteiger partial charge in [0.05, 0.1) is 6.04 Å². The largest absolute Gasteiger partial charge is 0.399 e. The Morgan fingerprint density at radius 2 is 2.24 bits per heavy atom. The number of hydrogen-bond donors (Lipinski definition) is 3. The number of benzene rings is 1. The molecule has 1 atom stereocenters. The number of nitrogens with one attached hydrogen (secondary N) is 2. The van der Waals surface area contributed by atoms with Gasteiger partial charge in [0, 0.05) is 29.2 Å². The molecule has 1 aliphatic heterocycles. The van der Waals surface area contributed by atoms with Gasteiger partial charge >= 0.3 is 0 Å². The molecule has 0 bridgehead atoms. The van der Waals surface area contributed by atoms with Crippen molar-refractivity contribution in [2.45, 2.75) is 12.5 Å². The minimum atomic E-state index is -0.277. The van der Waals surface area contributed by atoms with Crippen molar-refractivity contribution in [2.24, 2.45) is 0 Å². The normalized spacial score (nSPS) is 18.9. The third-order valence-electron chi connectivity index (χ3n) is 2.49. The molecule has 1 aromatic carbocycles. The highest BCUT2D eigenvalue weighted by Gasteiger charge is 2.23. The zero-order chi connectivity index (χ0) is 12.4. The Labute approximate surface area is 103 Å². The van der Waals surface area contributed by atoms with E-state index in [4.69, 9.17) is 17.3 Å². The maximum absolute atomic E-state index is 11.8. The minimum Gasteiger partial charge on any atom is -0.399 e. The van der Waals surface area contributed by atoms with E-state index in [1.165, 1.54) is 6.07 Å². The summed E-state index contributed by atoms with van der Waals surface area (Å²) in [6.07, 6.45) is 0.307. The van der Waals surface area contributed by atoms with Crippen LogP contribution in [-0.2, 0) is 4.79 Å². The molecule has 0 radical (unpaired) electrons. The Bertz CT molecular complexity index is 456. The standard InChI is InChI=1S/C11H12ClN3O2/c12-7-1-6(2-8(13)3-7)11(17)15-9-4-10(16)14-5-9/h1-3,9H,4-5,13H2,(H,14,16)(H,15,17). The van der Waals surface area contributed by atoms with Gasteiger partial charge in [0.15, 0.2) is 0 Å². The highest BCUT2D eigenvalue weighted by Crippen LogP contribution is 2.16. The molecule has 1 unspecified atom stereocenters. The van der Waals surface area contributed by atoms with Crippen molar-refractivity contribution in [1.29, 1.82) is 0 Å². The monoisotopic (exact) mass is 253 g/mol.